The molecule has 19 heavy (non-hydrogen) atoms. The van der Waals surface area contributed by atoms with Gasteiger partial charge in [-0.25, -0.2) is 15.0 Å². The zero-order valence-corrected chi connectivity index (χ0v) is 10.4. The van der Waals surface area contributed by atoms with E-state index in [2.05, 4.69) is 24.8 Å². The highest BCUT2D eigenvalue weighted by Crippen LogP contribution is 2.15. The normalized spacial score (nSPS) is 15.6. The molecule has 0 saturated carbocycles. The smallest absolute Gasteiger partial charge is 0.225 e. The minimum Gasteiger partial charge on any atom is -0.353 e. The van der Waals surface area contributed by atoms with Gasteiger partial charge in [-0.05, 0) is 18.2 Å². The first kappa shape index (κ1) is 11.8. The molecule has 2 aromatic heterocycles. The molecule has 6 heteroatoms. The zero-order valence-electron chi connectivity index (χ0n) is 10.4. The van der Waals surface area contributed by atoms with E-state index in [1.165, 1.54) is 6.07 Å². The van der Waals surface area contributed by atoms with Gasteiger partial charge in [0.2, 0.25) is 11.9 Å². The first-order valence-electron chi connectivity index (χ1n) is 6.22. The van der Waals surface area contributed by atoms with E-state index in [-0.39, 0.29) is 0 Å². The van der Waals surface area contributed by atoms with Crippen LogP contribution < -0.4 is 9.80 Å². The molecule has 2 aromatic rings. The molecule has 0 N–H and O–H groups in total. The second-order valence-electron chi connectivity index (χ2n) is 4.34. The van der Waals surface area contributed by atoms with Crippen molar-refractivity contribution in [1.29, 1.82) is 0 Å². The van der Waals surface area contributed by atoms with Gasteiger partial charge in [-0.1, -0.05) is 6.07 Å². The molecule has 0 unspecified atom stereocenters. The summed E-state index contributed by atoms with van der Waals surface area (Å²) < 4.78 is 13.1. The Morgan fingerprint density at radius 2 is 1.58 bits per heavy atom. The summed E-state index contributed by atoms with van der Waals surface area (Å²) in [6.07, 6.45) is 3.48. The van der Waals surface area contributed by atoms with Crippen molar-refractivity contribution < 1.29 is 4.39 Å². The van der Waals surface area contributed by atoms with Gasteiger partial charge in [0.1, 0.15) is 5.82 Å². The lowest BCUT2D eigenvalue weighted by Gasteiger charge is -2.35. The quantitative estimate of drug-likeness (QED) is 0.761. The van der Waals surface area contributed by atoms with Crippen molar-refractivity contribution in [2.75, 3.05) is 36.0 Å². The van der Waals surface area contributed by atoms with Crippen LogP contribution in [0.25, 0.3) is 0 Å². The van der Waals surface area contributed by atoms with Crippen molar-refractivity contribution in [2.24, 2.45) is 0 Å². The van der Waals surface area contributed by atoms with Crippen LogP contribution in [0.4, 0.5) is 16.2 Å². The van der Waals surface area contributed by atoms with Crippen molar-refractivity contribution in [1.82, 2.24) is 15.0 Å². The fourth-order valence-electron chi connectivity index (χ4n) is 2.16. The van der Waals surface area contributed by atoms with E-state index in [4.69, 9.17) is 0 Å². The minimum absolute atomic E-state index is 0.439. The molecular weight excluding hydrogens is 245 g/mol. The number of halogens is 1. The molecule has 1 fully saturated rings. The first-order chi connectivity index (χ1) is 9.33. The van der Waals surface area contributed by atoms with Gasteiger partial charge in [0.05, 0.1) is 0 Å². The van der Waals surface area contributed by atoms with Crippen LogP contribution in [-0.2, 0) is 0 Å². The van der Waals surface area contributed by atoms with Crippen LogP contribution in [0.1, 0.15) is 0 Å². The van der Waals surface area contributed by atoms with Gasteiger partial charge < -0.3 is 9.80 Å². The van der Waals surface area contributed by atoms with Crippen molar-refractivity contribution in [3.63, 3.8) is 0 Å². The van der Waals surface area contributed by atoms with Crippen molar-refractivity contribution in [3.8, 4) is 0 Å². The summed E-state index contributed by atoms with van der Waals surface area (Å²) in [6, 6.07) is 6.68. The van der Waals surface area contributed by atoms with E-state index >= 15 is 0 Å². The molecule has 3 rings (SSSR count). The third-order valence-electron chi connectivity index (χ3n) is 3.14. The number of hydrogen-bond acceptors (Lipinski definition) is 5. The van der Waals surface area contributed by atoms with E-state index in [0.717, 1.165) is 32.1 Å². The van der Waals surface area contributed by atoms with Crippen molar-refractivity contribution in [3.05, 3.63) is 42.6 Å². The third kappa shape index (κ3) is 2.62. The van der Waals surface area contributed by atoms with Crippen molar-refractivity contribution >= 4 is 11.8 Å². The summed E-state index contributed by atoms with van der Waals surface area (Å²) >= 11 is 0. The molecule has 0 aliphatic carbocycles. The highest BCUT2D eigenvalue weighted by molar-refractivity contribution is 5.41. The lowest BCUT2D eigenvalue weighted by Crippen LogP contribution is -2.47. The highest BCUT2D eigenvalue weighted by Gasteiger charge is 2.19. The van der Waals surface area contributed by atoms with E-state index in [0.29, 0.717) is 5.82 Å². The average Bonchev–Trinajstić information content (AvgIpc) is 2.48. The molecule has 0 amide bonds. The van der Waals surface area contributed by atoms with Crippen LogP contribution in [0.5, 0.6) is 0 Å². The maximum atomic E-state index is 13.1. The lowest BCUT2D eigenvalue weighted by atomic mass is 10.3. The van der Waals surface area contributed by atoms with Gasteiger partial charge in [0.25, 0.3) is 0 Å². The van der Waals surface area contributed by atoms with E-state index in [1.807, 2.05) is 6.07 Å². The molecule has 0 radical (unpaired) electrons. The Morgan fingerprint density at radius 3 is 2.26 bits per heavy atom. The van der Waals surface area contributed by atoms with Gasteiger partial charge >= 0.3 is 0 Å². The number of nitrogens with zero attached hydrogens (tertiary/aromatic N) is 5. The molecule has 0 bridgehead atoms. The first-order valence-corrected chi connectivity index (χ1v) is 6.22. The predicted molar refractivity (Wildman–Crippen MR) is 70.7 cm³/mol. The minimum atomic E-state index is -0.439. The SMILES string of the molecule is Fc1cccc(N2CCN(c3ncccn3)CC2)n1. The maximum absolute atomic E-state index is 13.1. The molecule has 3 heterocycles. The van der Waals surface area contributed by atoms with Gasteiger partial charge in [-0.3, -0.25) is 0 Å². The second kappa shape index (κ2) is 5.17. The second-order valence-corrected chi connectivity index (χ2v) is 4.34. The van der Waals surface area contributed by atoms with E-state index < -0.39 is 5.95 Å². The number of hydrogen-bond donors (Lipinski definition) is 0. The van der Waals surface area contributed by atoms with Gasteiger partial charge in [0.15, 0.2) is 0 Å². The molecule has 1 saturated heterocycles. The largest absolute Gasteiger partial charge is 0.353 e. The average molecular weight is 259 g/mol. The van der Waals surface area contributed by atoms with Crippen LogP contribution in [0.15, 0.2) is 36.7 Å². The van der Waals surface area contributed by atoms with Crippen molar-refractivity contribution in [2.45, 2.75) is 0 Å². The fourth-order valence-corrected chi connectivity index (χ4v) is 2.16. The van der Waals surface area contributed by atoms with Crippen LogP contribution >= 0.6 is 0 Å². The number of pyridine rings is 1. The molecule has 0 atom stereocenters. The molecular formula is C13H14FN5. The van der Waals surface area contributed by atoms with Crippen LogP contribution in [0.2, 0.25) is 0 Å². The lowest BCUT2D eigenvalue weighted by molar-refractivity contribution is 0.573. The standard InChI is InChI=1S/C13H14FN5/c14-11-3-1-4-12(17-11)18-7-9-19(10-8-18)13-15-5-2-6-16-13/h1-6H,7-10H2. The number of anilines is 2. The van der Waals surface area contributed by atoms with E-state index in [1.54, 1.807) is 24.5 Å². The summed E-state index contributed by atoms with van der Waals surface area (Å²) in [7, 11) is 0. The summed E-state index contributed by atoms with van der Waals surface area (Å²) in [5.74, 6) is 0.995. The Morgan fingerprint density at radius 1 is 0.895 bits per heavy atom. The highest BCUT2D eigenvalue weighted by atomic mass is 19.1. The summed E-state index contributed by atoms with van der Waals surface area (Å²) in [5.41, 5.74) is 0. The maximum Gasteiger partial charge on any atom is 0.225 e. The monoisotopic (exact) mass is 259 g/mol. The van der Waals surface area contributed by atoms with Crippen LogP contribution in [0, 0.1) is 5.95 Å². The Hall–Kier alpha value is -2.24. The zero-order chi connectivity index (χ0) is 13.1. The summed E-state index contributed by atoms with van der Waals surface area (Å²) in [4.78, 5) is 16.6. The summed E-state index contributed by atoms with van der Waals surface area (Å²) in [5, 5.41) is 0. The fraction of sp³-hybridized carbons (Fsp3) is 0.308. The molecule has 1 aliphatic rings. The Kier molecular flexibility index (Phi) is 3.22. The summed E-state index contributed by atoms with van der Waals surface area (Å²) in [6.45, 7) is 3.19. The Labute approximate surface area is 110 Å². The predicted octanol–water partition coefficient (Wildman–Crippen LogP) is 1.34. The molecule has 5 nitrogen and oxygen atoms in total. The van der Waals surface area contributed by atoms with Crippen LogP contribution in [-0.4, -0.2) is 41.1 Å². The Bertz CT molecular complexity index is 540. The topological polar surface area (TPSA) is 45.2 Å². The number of aromatic nitrogens is 3. The molecule has 0 spiro atoms. The van der Waals surface area contributed by atoms with Gasteiger partial charge in [0, 0.05) is 38.6 Å². The third-order valence-corrected chi connectivity index (χ3v) is 3.14. The Balaban J connectivity index is 1.67. The van der Waals surface area contributed by atoms with Gasteiger partial charge in [-0.15, -0.1) is 0 Å². The van der Waals surface area contributed by atoms with Gasteiger partial charge in [-0.2, -0.15) is 4.39 Å². The number of piperazine rings is 1. The molecule has 98 valence electrons. The van der Waals surface area contributed by atoms with E-state index in [9.17, 15) is 4.39 Å². The number of rotatable bonds is 2. The molecule has 0 aromatic carbocycles. The molecule has 1 aliphatic heterocycles. The van der Waals surface area contributed by atoms with Crippen LogP contribution in [0.3, 0.4) is 0 Å².